The van der Waals surface area contributed by atoms with Gasteiger partial charge in [-0.25, -0.2) is 19.6 Å². The first-order valence-electron chi connectivity index (χ1n) is 18.0. The smallest absolute Gasteiger partial charge is 0.414 e. The van der Waals surface area contributed by atoms with Gasteiger partial charge in [0.2, 0.25) is 17.8 Å². The maximum absolute atomic E-state index is 14.0. The van der Waals surface area contributed by atoms with Crippen LogP contribution >= 0.6 is 0 Å². The third-order valence-electron chi connectivity index (χ3n) is 8.19. The summed E-state index contributed by atoms with van der Waals surface area (Å²) < 4.78 is 10.5. The Kier molecular flexibility index (Phi) is 16.4. The van der Waals surface area contributed by atoms with E-state index in [4.69, 9.17) is 9.47 Å². The van der Waals surface area contributed by atoms with Crippen molar-refractivity contribution in [3.8, 4) is 0 Å². The molecule has 3 aromatic rings. The van der Waals surface area contributed by atoms with E-state index in [1.165, 1.54) is 12.4 Å². The molecule has 4 atom stereocenters. The topological polar surface area (TPSA) is 166 Å². The molecule has 3 N–H and O–H groups in total. The van der Waals surface area contributed by atoms with Crippen molar-refractivity contribution in [2.24, 2.45) is 11.8 Å². The van der Waals surface area contributed by atoms with E-state index < -0.39 is 41.6 Å². The summed E-state index contributed by atoms with van der Waals surface area (Å²) in [6.07, 6.45) is 4.72. The molecule has 12 heteroatoms. The molecule has 0 saturated heterocycles. The van der Waals surface area contributed by atoms with Crippen molar-refractivity contribution in [2.75, 3.05) is 11.9 Å². The zero-order valence-corrected chi connectivity index (χ0v) is 31.1. The molecule has 0 saturated carbocycles. The lowest BCUT2D eigenvalue weighted by atomic mass is 9.90. The number of esters is 1. The van der Waals surface area contributed by atoms with Gasteiger partial charge < -0.3 is 20.1 Å². The average molecular weight is 716 g/mol. The van der Waals surface area contributed by atoms with Crippen LogP contribution in [0.25, 0.3) is 0 Å². The molecule has 0 fully saturated rings. The molecule has 0 aliphatic carbocycles. The lowest BCUT2D eigenvalue weighted by molar-refractivity contribution is -0.148. The minimum absolute atomic E-state index is 0.0116. The van der Waals surface area contributed by atoms with Crippen molar-refractivity contribution in [3.05, 3.63) is 89.7 Å². The maximum Gasteiger partial charge on any atom is 0.414 e. The SMILES string of the molecule is CCCC[C@@H](CC(=O)[C@@H](Cc1ccccc1)NC(=O)[C@H](C)Cc1ccccc1)C(=O)N[C@H](Cc1cnc(NC(=O)OC(C)(C)C)nc1)C(=O)OCC. The molecular formula is C40H53N5O7. The Bertz CT molecular complexity index is 1590. The predicted octanol–water partition coefficient (Wildman–Crippen LogP) is 5.79. The second-order valence-corrected chi connectivity index (χ2v) is 13.9. The Morgan fingerprint density at radius 3 is 1.87 bits per heavy atom. The zero-order valence-electron chi connectivity index (χ0n) is 31.1. The molecule has 3 rings (SSSR count). The van der Waals surface area contributed by atoms with Crippen LogP contribution in [0.5, 0.6) is 0 Å². The van der Waals surface area contributed by atoms with Crippen LogP contribution in [0.4, 0.5) is 10.7 Å². The third-order valence-corrected chi connectivity index (χ3v) is 8.19. The highest BCUT2D eigenvalue weighted by Gasteiger charge is 2.31. The molecule has 12 nitrogen and oxygen atoms in total. The molecule has 0 aliphatic heterocycles. The monoisotopic (exact) mass is 715 g/mol. The second-order valence-electron chi connectivity index (χ2n) is 13.9. The summed E-state index contributed by atoms with van der Waals surface area (Å²) in [5.41, 5.74) is 1.70. The summed E-state index contributed by atoms with van der Waals surface area (Å²) in [5.74, 6) is -2.75. The van der Waals surface area contributed by atoms with Gasteiger partial charge in [0.05, 0.1) is 12.6 Å². The highest BCUT2D eigenvalue weighted by atomic mass is 16.6. The number of benzene rings is 2. The quantitative estimate of drug-likeness (QED) is 0.130. The molecule has 0 unspecified atom stereocenters. The number of aromatic nitrogens is 2. The largest absolute Gasteiger partial charge is 0.464 e. The van der Waals surface area contributed by atoms with Crippen LogP contribution < -0.4 is 16.0 Å². The first kappa shape index (κ1) is 41.3. The summed E-state index contributed by atoms with van der Waals surface area (Å²) in [4.78, 5) is 74.7. The van der Waals surface area contributed by atoms with Crippen LogP contribution in [-0.2, 0) is 47.9 Å². The van der Waals surface area contributed by atoms with E-state index in [-0.39, 0.29) is 49.4 Å². The first-order chi connectivity index (χ1) is 24.8. The molecule has 0 radical (unpaired) electrons. The number of hydrogen-bond acceptors (Lipinski definition) is 9. The maximum atomic E-state index is 14.0. The Hall–Kier alpha value is -5.13. The van der Waals surface area contributed by atoms with Crippen LogP contribution in [0.2, 0.25) is 0 Å². The molecule has 3 amide bonds. The van der Waals surface area contributed by atoms with Gasteiger partial charge >= 0.3 is 12.1 Å². The number of amides is 3. The first-order valence-corrected chi connectivity index (χ1v) is 18.0. The summed E-state index contributed by atoms with van der Waals surface area (Å²) in [6.45, 7) is 10.8. The number of nitrogens with one attached hydrogen (secondary N) is 3. The van der Waals surface area contributed by atoms with E-state index in [1.54, 1.807) is 27.7 Å². The molecule has 52 heavy (non-hydrogen) atoms. The molecule has 0 bridgehead atoms. The number of Topliss-reactive ketones (excluding diaryl/α,β-unsaturated/α-hetero) is 1. The minimum atomic E-state index is -1.08. The minimum Gasteiger partial charge on any atom is -0.464 e. The van der Waals surface area contributed by atoms with Crippen LogP contribution in [-0.4, -0.2) is 63.9 Å². The van der Waals surface area contributed by atoms with E-state index >= 15 is 0 Å². The standard InChI is InChI=1S/C40H53N5O7/c1-7-9-20-31(24-34(46)32(22-29-18-14-11-15-19-29)43-35(47)27(3)21-28-16-12-10-13-17-28)36(48)44-33(37(49)51-8-2)23-30-25-41-38(42-26-30)45-39(50)52-40(4,5)6/h10-19,25-27,31-33H,7-9,20-24H2,1-6H3,(H,43,47)(H,44,48)(H,41,42,45,50)/t27-,31+,32-,33-/m1/s1. The van der Waals surface area contributed by atoms with Crippen LogP contribution in [0, 0.1) is 11.8 Å². The van der Waals surface area contributed by atoms with Crippen LogP contribution in [0.15, 0.2) is 73.1 Å². The van der Waals surface area contributed by atoms with Crippen molar-refractivity contribution in [1.82, 2.24) is 20.6 Å². The lowest BCUT2D eigenvalue weighted by Crippen LogP contribution is -2.48. The van der Waals surface area contributed by atoms with E-state index in [0.29, 0.717) is 24.8 Å². The molecular weight excluding hydrogens is 662 g/mol. The molecule has 280 valence electrons. The van der Waals surface area contributed by atoms with Crippen molar-refractivity contribution in [2.45, 2.75) is 104 Å². The van der Waals surface area contributed by atoms with E-state index in [2.05, 4.69) is 25.9 Å². The number of hydrogen-bond donors (Lipinski definition) is 3. The van der Waals surface area contributed by atoms with Gasteiger partial charge in [-0.3, -0.25) is 19.7 Å². The normalized spacial score (nSPS) is 13.5. The Morgan fingerprint density at radius 2 is 1.31 bits per heavy atom. The van der Waals surface area contributed by atoms with Gasteiger partial charge in [0.15, 0.2) is 5.78 Å². The Labute approximate surface area is 306 Å². The Morgan fingerprint density at radius 1 is 0.750 bits per heavy atom. The van der Waals surface area contributed by atoms with Crippen molar-refractivity contribution in [1.29, 1.82) is 0 Å². The lowest BCUT2D eigenvalue weighted by Gasteiger charge is -2.24. The second kappa shape index (κ2) is 20.7. The van der Waals surface area contributed by atoms with Gasteiger partial charge in [0.1, 0.15) is 11.6 Å². The van der Waals surface area contributed by atoms with E-state index in [0.717, 1.165) is 17.5 Å². The molecule has 0 spiro atoms. The zero-order chi connectivity index (χ0) is 38.1. The summed E-state index contributed by atoms with van der Waals surface area (Å²) >= 11 is 0. The van der Waals surface area contributed by atoms with Gasteiger partial charge in [-0.2, -0.15) is 0 Å². The number of carbonyl (C=O) groups is 5. The number of ether oxygens (including phenoxy) is 2. The van der Waals surface area contributed by atoms with Crippen molar-refractivity contribution in [3.63, 3.8) is 0 Å². The molecule has 0 aliphatic rings. The summed E-state index contributed by atoms with van der Waals surface area (Å²) in [5, 5.41) is 8.25. The van der Waals surface area contributed by atoms with Gasteiger partial charge in [-0.15, -0.1) is 0 Å². The van der Waals surface area contributed by atoms with Gasteiger partial charge in [-0.1, -0.05) is 87.4 Å². The number of nitrogens with zero attached hydrogens (tertiary/aromatic N) is 2. The van der Waals surface area contributed by atoms with Crippen molar-refractivity contribution >= 4 is 35.6 Å². The Balaban J connectivity index is 1.76. The predicted molar refractivity (Wildman–Crippen MR) is 198 cm³/mol. The summed E-state index contributed by atoms with van der Waals surface area (Å²) in [7, 11) is 0. The summed E-state index contributed by atoms with van der Waals surface area (Å²) in [6, 6.07) is 17.2. The molecule has 1 heterocycles. The van der Waals surface area contributed by atoms with Crippen LogP contribution in [0.3, 0.4) is 0 Å². The fraction of sp³-hybridized carbons (Fsp3) is 0.475. The highest BCUT2D eigenvalue weighted by molar-refractivity contribution is 5.94. The average Bonchev–Trinajstić information content (AvgIpc) is 3.10. The van der Waals surface area contributed by atoms with Crippen LogP contribution in [0.1, 0.15) is 83.9 Å². The van der Waals surface area contributed by atoms with Gasteiger partial charge in [0, 0.05) is 37.1 Å². The number of carbonyl (C=O) groups excluding carboxylic acids is 5. The number of unbranched alkanes of at least 4 members (excludes halogenated alkanes) is 1. The highest BCUT2D eigenvalue weighted by Crippen LogP contribution is 2.19. The number of ketones is 1. The third kappa shape index (κ3) is 14.6. The fourth-order valence-electron chi connectivity index (χ4n) is 5.51. The fourth-order valence-corrected chi connectivity index (χ4v) is 5.51. The molecule has 2 aromatic carbocycles. The van der Waals surface area contributed by atoms with Gasteiger partial charge in [0.25, 0.3) is 0 Å². The van der Waals surface area contributed by atoms with Gasteiger partial charge in [-0.05, 0) is 63.6 Å². The number of anilines is 1. The van der Waals surface area contributed by atoms with Crippen molar-refractivity contribution < 1.29 is 33.4 Å². The van der Waals surface area contributed by atoms with E-state index in [9.17, 15) is 24.0 Å². The number of rotatable bonds is 19. The molecule has 1 aromatic heterocycles. The van der Waals surface area contributed by atoms with E-state index in [1.807, 2.05) is 74.5 Å².